The first-order valence-electron chi connectivity index (χ1n) is 7.51. The number of pyridine rings is 3. The summed E-state index contributed by atoms with van der Waals surface area (Å²) in [5, 5.41) is 0. The van der Waals surface area contributed by atoms with Crippen LogP contribution in [-0.2, 0) is 0 Å². The van der Waals surface area contributed by atoms with E-state index in [-0.39, 0.29) is 0 Å². The number of nitrogens with two attached hydrogens (primary N) is 3. The summed E-state index contributed by atoms with van der Waals surface area (Å²) in [7, 11) is 0. The lowest BCUT2D eigenvalue weighted by molar-refractivity contribution is 0.0991. The third kappa shape index (κ3) is 8.49. The van der Waals surface area contributed by atoms with Crippen LogP contribution in [-0.4, -0.2) is 32.7 Å². The Bertz CT molecular complexity index is 740. The Kier molecular flexibility index (Phi) is 8.84. The van der Waals surface area contributed by atoms with Gasteiger partial charge in [-0.3, -0.25) is 29.3 Å². The second-order valence-electron chi connectivity index (χ2n) is 4.80. The van der Waals surface area contributed by atoms with E-state index >= 15 is 0 Å². The fourth-order valence-electron chi connectivity index (χ4n) is 1.55. The number of carbonyl (C=O) groups excluding carboxylic acids is 3. The fraction of sp³-hybridized carbons (Fsp3) is 0. The minimum Gasteiger partial charge on any atom is -0.366 e. The molecule has 3 heterocycles. The average Bonchev–Trinajstić information content (AvgIpc) is 2.71. The van der Waals surface area contributed by atoms with Crippen molar-refractivity contribution in [3.63, 3.8) is 0 Å². The zero-order chi connectivity index (χ0) is 20.1. The Labute approximate surface area is 155 Å². The maximum atomic E-state index is 10.4. The van der Waals surface area contributed by atoms with Crippen LogP contribution in [0.25, 0.3) is 0 Å². The van der Waals surface area contributed by atoms with Gasteiger partial charge in [0.2, 0.25) is 17.7 Å². The number of nitrogens with zero attached hydrogens (tertiary/aromatic N) is 3. The molecule has 0 aliphatic rings. The molecule has 3 aromatic rings. The molecule has 9 heteroatoms. The van der Waals surface area contributed by atoms with Crippen molar-refractivity contribution >= 4 is 17.7 Å². The second-order valence-corrected chi connectivity index (χ2v) is 4.80. The Hall–Kier alpha value is -4.14. The molecule has 0 aromatic carbocycles. The first kappa shape index (κ1) is 20.9. The molecule has 0 aliphatic heterocycles. The van der Waals surface area contributed by atoms with E-state index in [2.05, 4.69) is 15.0 Å². The van der Waals surface area contributed by atoms with E-state index in [1.165, 1.54) is 37.2 Å². The number of hydrogen-bond donors (Lipinski definition) is 3. The van der Waals surface area contributed by atoms with Crippen LogP contribution in [0.2, 0.25) is 0 Å². The Balaban J connectivity index is 0.000000202. The molecule has 0 spiro atoms. The maximum absolute atomic E-state index is 10.4. The predicted octanol–water partition coefficient (Wildman–Crippen LogP) is 0.542. The first-order chi connectivity index (χ1) is 12.9. The van der Waals surface area contributed by atoms with Crippen molar-refractivity contribution in [3.8, 4) is 0 Å². The van der Waals surface area contributed by atoms with Crippen LogP contribution in [0.5, 0.6) is 0 Å². The quantitative estimate of drug-likeness (QED) is 0.611. The van der Waals surface area contributed by atoms with Gasteiger partial charge in [0.05, 0.1) is 0 Å². The molecule has 0 aliphatic carbocycles. The smallest absolute Gasteiger partial charge is 0.248 e. The molecule has 0 unspecified atom stereocenters. The van der Waals surface area contributed by atoms with Gasteiger partial charge in [0.1, 0.15) is 0 Å². The van der Waals surface area contributed by atoms with E-state index in [9.17, 15) is 14.4 Å². The lowest BCUT2D eigenvalue weighted by Gasteiger charge is -1.88. The van der Waals surface area contributed by atoms with E-state index in [1.807, 2.05) is 0 Å². The molecule has 0 fully saturated rings. The molecule has 0 saturated heterocycles. The molecule has 27 heavy (non-hydrogen) atoms. The van der Waals surface area contributed by atoms with Crippen LogP contribution < -0.4 is 17.2 Å². The Morgan fingerprint density at radius 2 is 0.667 bits per heavy atom. The van der Waals surface area contributed by atoms with Crippen molar-refractivity contribution in [2.45, 2.75) is 0 Å². The highest BCUT2D eigenvalue weighted by molar-refractivity contribution is 5.93. The summed E-state index contributed by atoms with van der Waals surface area (Å²) in [5.41, 5.74) is 16.3. The summed E-state index contributed by atoms with van der Waals surface area (Å²) in [5.74, 6) is -1.26. The van der Waals surface area contributed by atoms with Gasteiger partial charge in [-0.25, -0.2) is 0 Å². The van der Waals surface area contributed by atoms with Gasteiger partial charge in [-0.05, 0) is 36.4 Å². The normalized spacial score (nSPS) is 8.89. The van der Waals surface area contributed by atoms with Gasteiger partial charge in [-0.1, -0.05) is 0 Å². The zero-order valence-electron chi connectivity index (χ0n) is 14.2. The van der Waals surface area contributed by atoms with E-state index in [0.29, 0.717) is 16.7 Å². The van der Waals surface area contributed by atoms with Crippen LogP contribution in [0.15, 0.2) is 73.6 Å². The van der Waals surface area contributed by atoms with Crippen molar-refractivity contribution < 1.29 is 14.4 Å². The molecule has 3 aromatic heterocycles. The van der Waals surface area contributed by atoms with E-state index < -0.39 is 17.7 Å². The molecular formula is C18H18N6O3. The third-order valence-electron chi connectivity index (χ3n) is 2.89. The van der Waals surface area contributed by atoms with Crippen molar-refractivity contribution in [1.82, 2.24) is 15.0 Å². The summed E-state index contributed by atoms with van der Waals surface area (Å²) in [6.45, 7) is 0. The van der Waals surface area contributed by atoms with Crippen LogP contribution in [0.4, 0.5) is 0 Å². The van der Waals surface area contributed by atoms with Crippen molar-refractivity contribution in [2.24, 2.45) is 17.2 Å². The largest absolute Gasteiger partial charge is 0.366 e. The number of aromatic nitrogens is 3. The molecule has 0 radical (unpaired) electrons. The van der Waals surface area contributed by atoms with Crippen LogP contribution >= 0.6 is 0 Å². The number of hydrogen-bond acceptors (Lipinski definition) is 6. The van der Waals surface area contributed by atoms with Gasteiger partial charge < -0.3 is 17.2 Å². The summed E-state index contributed by atoms with van der Waals surface area (Å²) in [6.07, 6.45) is 9.17. The molecular weight excluding hydrogens is 348 g/mol. The molecule has 0 saturated carbocycles. The van der Waals surface area contributed by atoms with Gasteiger partial charge in [0, 0.05) is 53.9 Å². The van der Waals surface area contributed by atoms with Crippen molar-refractivity contribution in [2.75, 3.05) is 0 Å². The van der Waals surface area contributed by atoms with Crippen LogP contribution in [0.3, 0.4) is 0 Å². The number of primary amides is 3. The minimum atomic E-state index is -0.419. The number of rotatable bonds is 3. The summed E-state index contributed by atoms with van der Waals surface area (Å²) < 4.78 is 0. The highest BCUT2D eigenvalue weighted by Gasteiger charge is 1.95. The number of amides is 3. The van der Waals surface area contributed by atoms with Crippen LogP contribution in [0, 0.1) is 0 Å². The zero-order valence-corrected chi connectivity index (χ0v) is 14.2. The molecule has 0 bridgehead atoms. The predicted molar refractivity (Wildman–Crippen MR) is 98.3 cm³/mol. The molecule has 9 nitrogen and oxygen atoms in total. The molecule has 3 amide bonds. The van der Waals surface area contributed by atoms with E-state index in [1.54, 1.807) is 36.4 Å². The molecule has 138 valence electrons. The summed E-state index contributed by atoms with van der Waals surface area (Å²) >= 11 is 0. The number of carbonyl (C=O) groups is 3. The van der Waals surface area contributed by atoms with Gasteiger partial charge >= 0.3 is 0 Å². The van der Waals surface area contributed by atoms with Gasteiger partial charge in [-0.2, -0.15) is 0 Å². The fourth-order valence-corrected chi connectivity index (χ4v) is 1.55. The molecule has 0 atom stereocenters. The highest BCUT2D eigenvalue weighted by atomic mass is 16.1. The summed E-state index contributed by atoms with van der Waals surface area (Å²) in [6, 6.07) is 9.43. The maximum Gasteiger partial charge on any atom is 0.248 e. The van der Waals surface area contributed by atoms with Crippen molar-refractivity contribution in [1.29, 1.82) is 0 Å². The van der Waals surface area contributed by atoms with Gasteiger partial charge in [0.15, 0.2) is 0 Å². The lowest BCUT2D eigenvalue weighted by Crippen LogP contribution is -2.10. The van der Waals surface area contributed by atoms with Crippen LogP contribution in [0.1, 0.15) is 31.1 Å². The van der Waals surface area contributed by atoms with Crippen molar-refractivity contribution in [3.05, 3.63) is 90.3 Å². The Morgan fingerprint density at radius 3 is 0.778 bits per heavy atom. The monoisotopic (exact) mass is 366 g/mol. The molecule has 6 N–H and O–H groups in total. The average molecular weight is 366 g/mol. The second kappa shape index (κ2) is 11.4. The van der Waals surface area contributed by atoms with E-state index in [4.69, 9.17) is 17.2 Å². The Morgan fingerprint density at radius 1 is 0.481 bits per heavy atom. The summed E-state index contributed by atoms with van der Waals surface area (Å²) in [4.78, 5) is 42.3. The van der Waals surface area contributed by atoms with Gasteiger partial charge in [-0.15, -0.1) is 0 Å². The standard InChI is InChI=1S/3C6H6N2O/c3*7-6(9)5-1-3-8-4-2-5/h3*1-4H,(H2,7,9). The first-order valence-corrected chi connectivity index (χ1v) is 7.51. The molecule has 3 rings (SSSR count). The SMILES string of the molecule is NC(=O)c1ccncc1.NC(=O)c1ccncc1.NC(=O)c1ccncc1. The highest BCUT2D eigenvalue weighted by Crippen LogP contribution is 1.93. The lowest BCUT2D eigenvalue weighted by atomic mass is 10.3. The topological polar surface area (TPSA) is 168 Å². The minimum absolute atomic E-state index is 0.419. The van der Waals surface area contributed by atoms with E-state index in [0.717, 1.165) is 0 Å². The van der Waals surface area contributed by atoms with Gasteiger partial charge in [0.25, 0.3) is 0 Å². The third-order valence-corrected chi connectivity index (χ3v) is 2.89.